The second-order valence-corrected chi connectivity index (χ2v) is 10.4. The molecule has 4 heterocycles. The molecule has 0 radical (unpaired) electrons. The summed E-state index contributed by atoms with van der Waals surface area (Å²) in [5.74, 6) is 0.516. The number of piperidine rings is 3. The summed E-state index contributed by atoms with van der Waals surface area (Å²) < 4.78 is 11.7. The van der Waals surface area contributed by atoms with Crippen molar-refractivity contribution in [2.24, 2.45) is 11.3 Å². The number of hydrogen-bond acceptors (Lipinski definition) is 4. The van der Waals surface area contributed by atoms with Crippen LogP contribution in [0, 0.1) is 11.3 Å². The van der Waals surface area contributed by atoms with Gasteiger partial charge >= 0.3 is 6.09 Å². The molecule has 1 unspecified atom stereocenters. The number of nitrogens with one attached hydrogen (secondary N) is 1. The topological polar surface area (TPSA) is 54.7 Å². The molecule has 2 aromatic carbocycles. The maximum Gasteiger partial charge on any atom is 0.407 e. The molecule has 1 amide bonds. The fourth-order valence-corrected chi connectivity index (χ4v) is 6.03. The number of carbonyl (C=O) groups excluding carboxylic acids is 1. The second-order valence-electron chi connectivity index (χ2n) is 10.4. The fraction of sp³-hybridized carbons (Fsp3) is 0.444. The monoisotopic (exact) mass is 430 g/mol. The van der Waals surface area contributed by atoms with Gasteiger partial charge in [0, 0.05) is 17.5 Å². The maximum atomic E-state index is 12.9. The predicted octanol–water partition coefficient (Wildman–Crippen LogP) is 5.54. The molecular formula is C27H30N2O3. The van der Waals surface area contributed by atoms with Gasteiger partial charge in [-0.3, -0.25) is 4.90 Å². The number of furan rings is 1. The average Bonchev–Trinajstić information content (AvgIpc) is 3.32. The summed E-state index contributed by atoms with van der Waals surface area (Å²) in [6.45, 7) is 7.61. The molecule has 5 heteroatoms. The number of ether oxygens (including phenoxy) is 1. The molecule has 2 atom stereocenters. The highest BCUT2D eigenvalue weighted by molar-refractivity contribution is 5.94. The molecule has 3 aliphatic heterocycles. The molecule has 4 aliphatic rings. The Balaban J connectivity index is 1.23. The Morgan fingerprint density at radius 2 is 1.97 bits per heavy atom. The van der Waals surface area contributed by atoms with E-state index in [0.29, 0.717) is 5.92 Å². The summed E-state index contributed by atoms with van der Waals surface area (Å²) in [6, 6.07) is 14.6. The van der Waals surface area contributed by atoms with E-state index in [4.69, 9.17) is 9.15 Å². The van der Waals surface area contributed by atoms with Gasteiger partial charge in [0.25, 0.3) is 0 Å². The Bertz CT molecular complexity index is 1170. The summed E-state index contributed by atoms with van der Waals surface area (Å²) in [5, 5.41) is 4.34. The molecule has 0 spiro atoms. The van der Waals surface area contributed by atoms with Crippen LogP contribution in [0.2, 0.25) is 0 Å². The van der Waals surface area contributed by atoms with Crippen molar-refractivity contribution in [3.8, 4) is 11.1 Å². The van der Waals surface area contributed by atoms with Crippen LogP contribution in [0.4, 0.5) is 4.79 Å². The third kappa shape index (κ3) is 3.30. The molecule has 2 bridgehead atoms. The number of amides is 1. The molecule has 3 aromatic rings. The molecular weight excluding hydrogens is 400 g/mol. The molecule has 0 saturated carbocycles. The number of alkyl carbamates (subject to hydrolysis) is 1. The fourth-order valence-electron chi connectivity index (χ4n) is 6.03. The average molecular weight is 431 g/mol. The molecule has 1 aliphatic carbocycles. The van der Waals surface area contributed by atoms with Gasteiger partial charge in [-0.05, 0) is 66.4 Å². The third-order valence-electron chi connectivity index (χ3n) is 7.79. The number of nitrogens with zero attached hydrogens (tertiary/aromatic N) is 1. The van der Waals surface area contributed by atoms with E-state index in [9.17, 15) is 4.79 Å². The number of rotatable bonds is 3. The highest BCUT2D eigenvalue weighted by Gasteiger charge is 2.42. The van der Waals surface area contributed by atoms with Crippen molar-refractivity contribution in [3.63, 3.8) is 0 Å². The predicted molar refractivity (Wildman–Crippen MR) is 124 cm³/mol. The lowest BCUT2D eigenvalue weighted by molar-refractivity contribution is -0.0348. The van der Waals surface area contributed by atoms with Crippen LogP contribution in [0.3, 0.4) is 0 Å². The van der Waals surface area contributed by atoms with Gasteiger partial charge in [0.05, 0.1) is 12.3 Å². The van der Waals surface area contributed by atoms with Gasteiger partial charge in [-0.2, -0.15) is 0 Å². The Morgan fingerprint density at radius 1 is 1.16 bits per heavy atom. The minimum atomic E-state index is -0.278. The van der Waals surface area contributed by atoms with Gasteiger partial charge < -0.3 is 14.5 Å². The van der Waals surface area contributed by atoms with Crippen molar-refractivity contribution in [1.29, 1.82) is 0 Å². The summed E-state index contributed by atoms with van der Waals surface area (Å²) in [7, 11) is 0. The Kier molecular flexibility index (Phi) is 4.58. The van der Waals surface area contributed by atoms with Gasteiger partial charge in [-0.25, -0.2) is 4.79 Å². The van der Waals surface area contributed by atoms with Crippen LogP contribution in [0.25, 0.3) is 22.1 Å². The molecule has 1 N–H and O–H groups in total. The summed E-state index contributed by atoms with van der Waals surface area (Å²) >= 11 is 0. The smallest absolute Gasteiger partial charge is 0.407 e. The lowest BCUT2D eigenvalue weighted by atomic mass is 9.85. The molecule has 3 fully saturated rings. The van der Waals surface area contributed by atoms with Crippen LogP contribution in [0.15, 0.2) is 53.1 Å². The van der Waals surface area contributed by atoms with Crippen LogP contribution in [-0.4, -0.2) is 36.7 Å². The van der Waals surface area contributed by atoms with Gasteiger partial charge in [0.2, 0.25) is 0 Å². The highest BCUT2D eigenvalue weighted by atomic mass is 16.6. The quantitative estimate of drug-likeness (QED) is 0.592. The van der Waals surface area contributed by atoms with Gasteiger partial charge in [0.15, 0.2) is 0 Å². The van der Waals surface area contributed by atoms with E-state index >= 15 is 0 Å². The standard InChI is InChI=1S/C27H30N2O3/c1-27(2)14-19-13-18(22-16-31-23-6-4-3-5-21(22)23)7-8-20(19)25(27)28-26(30)32-24-15-29-11-9-17(24)10-12-29/h3-8,13,16-17,24-25H,9-12,14-15H2,1-2H3,(H,28,30)/t24-,25?/m0/s1. The van der Waals surface area contributed by atoms with Crippen molar-refractivity contribution in [3.05, 3.63) is 59.9 Å². The van der Waals surface area contributed by atoms with Crippen molar-refractivity contribution < 1.29 is 13.9 Å². The number of carbonyl (C=O) groups is 1. The van der Waals surface area contributed by atoms with E-state index in [2.05, 4.69) is 48.3 Å². The first kappa shape index (κ1) is 19.9. The van der Waals surface area contributed by atoms with E-state index < -0.39 is 0 Å². The van der Waals surface area contributed by atoms with Crippen LogP contribution in [-0.2, 0) is 11.2 Å². The summed E-state index contributed by atoms with van der Waals surface area (Å²) in [5.41, 5.74) is 5.56. The number of hydrogen-bond donors (Lipinski definition) is 1. The number of para-hydroxylation sites is 1. The maximum absolute atomic E-state index is 12.9. The van der Waals surface area contributed by atoms with E-state index in [1.54, 1.807) is 0 Å². The Morgan fingerprint density at radius 3 is 2.75 bits per heavy atom. The Hall–Kier alpha value is -2.79. The molecule has 1 aromatic heterocycles. The van der Waals surface area contributed by atoms with E-state index in [1.807, 2.05) is 24.5 Å². The van der Waals surface area contributed by atoms with Crippen molar-refractivity contribution in [2.45, 2.75) is 45.3 Å². The highest BCUT2D eigenvalue weighted by Crippen LogP contribution is 2.47. The minimum Gasteiger partial charge on any atom is -0.464 e. The lowest BCUT2D eigenvalue weighted by Crippen LogP contribution is -2.53. The van der Waals surface area contributed by atoms with Gasteiger partial charge in [-0.15, -0.1) is 0 Å². The second kappa shape index (κ2) is 7.38. The van der Waals surface area contributed by atoms with Crippen LogP contribution in [0.5, 0.6) is 0 Å². The van der Waals surface area contributed by atoms with E-state index in [-0.39, 0.29) is 23.7 Å². The normalized spacial score (nSPS) is 27.9. The zero-order valence-corrected chi connectivity index (χ0v) is 18.8. The van der Waals surface area contributed by atoms with Gasteiger partial charge in [-0.1, -0.05) is 50.2 Å². The molecule has 166 valence electrons. The first-order valence-corrected chi connectivity index (χ1v) is 11.8. The van der Waals surface area contributed by atoms with Crippen molar-refractivity contribution in [2.75, 3.05) is 19.6 Å². The van der Waals surface area contributed by atoms with Crippen molar-refractivity contribution >= 4 is 17.1 Å². The first-order chi connectivity index (χ1) is 15.5. The lowest BCUT2D eigenvalue weighted by Gasteiger charge is -2.44. The number of fused-ring (bicyclic) bond motifs is 5. The zero-order valence-electron chi connectivity index (χ0n) is 18.8. The first-order valence-electron chi connectivity index (χ1n) is 11.8. The Labute approximate surface area is 188 Å². The molecule has 7 rings (SSSR count). The summed E-state index contributed by atoms with van der Waals surface area (Å²) in [4.78, 5) is 15.3. The molecule has 5 nitrogen and oxygen atoms in total. The summed E-state index contributed by atoms with van der Waals surface area (Å²) in [6.07, 6.45) is 4.78. The largest absolute Gasteiger partial charge is 0.464 e. The van der Waals surface area contributed by atoms with Crippen LogP contribution < -0.4 is 5.32 Å². The van der Waals surface area contributed by atoms with Crippen LogP contribution >= 0.6 is 0 Å². The minimum absolute atomic E-state index is 0.0261. The molecule has 3 saturated heterocycles. The number of benzene rings is 2. The van der Waals surface area contributed by atoms with E-state index in [0.717, 1.165) is 61.0 Å². The third-order valence-corrected chi connectivity index (χ3v) is 7.79. The van der Waals surface area contributed by atoms with E-state index in [1.165, 1.54) is 11.1 Å². The van der Waals surface area contributed by atoms with Crippen LogP contribution in [0.1, 0.15) is 43.9 Å². The SMILES string of the molecule is CC1(C)Cc2cc(-c3coc4ccccc34)ccc2C1NC(=O)O[C@H]1CN2CCC1CC2. The van der Waals surface area contributed by atoms with Crippen molar-refractivity contribution in [1.82, 2.24) is 10.2 Å². The van der Waals surface area contributed by atoms with Gasteiger partial charge in [0.1, 0.15) is 11.7 Å². The zero-order chi connectivity index (χ0) is 21.9. The molecule has 32 heavy (non-hydrogen) atoms.